The van der Waals surface area contributed by atoms with Crippen LogP contribution >= 0.6 is 35.3 Å². The molecule has 4 aromatic rings. The maximum Gasteiger partial charge on any atom is 1.00 e. The molecular weight excluding hydrogens is 476 g/mol. The van der Waals surface area contributed by atoms with Crippen molar-refractivity contribution in [3.8, 4) is 23.0 Å². The Morgan fingerprint density at radius 2 is 0.600 bits per heavy atom. The zero-order valence-electron chi connectivity index (χ0n) is 19.9. The standard InChI is InChI=1S/C24H18O4S3.4Li/c25-15-7-1-3-9-17(15)29-19-11-5-13-21(23(19)27)31-22-14-6-12-20(24(22)28)30-18-10-4-2-8-16(18)26;;;;/h1-14,25-28H;;;;/q;4*+1/p-4. The Kier molecular flexibility index (Phi) is 16.2. The topological polar surface area (TPSA) is 92.2 Å². The quantitative estimate of drug-likeness (QED) is 0.248. The van der Waals surface area contributed by atoms with Crippen molar-refractivity contribution in [3.05, 3.63) is 84.9 Å². The van der Waals surface area contributed by atoms with E-state index in [2.05, 4.69) is 0 Å². The minimum absolute atomic E-state index is 0. The van der Waals surface area contributed by atoms with Crippen LogP contribution in [0.4, 0.5) is 0 Å². The largest absolute Gasteiger partial charge is 1.00 e. The predicted molar refractivity (Wildman–Crippen MR) is 116 cm³/mol. The van der Waals surface area contributed by atoms with E-state index in [0.717, 1.165) is 35.3 Å². The van der Waals surface area contributed by atoms with Crippen molar-refractivity contribution in [3.63, 3.8) is 0 Å². The van der Waals surface area contributed by atoms with Gasteiger partial charge in [-0.05, 0) is 36.4 Å². The zero-order chi connectivity index (χ0) is 21.8. The molecule has 11 heteroatoms. The molecule has 0 aromatic heterocycles. The van der Waals surface area contributed by atoms with Crippen molar-refractivity contribution in [2.75, 3.05) is 0 Å². The molecule has 0 atom stereocenters. The van der Waals surface area contributed by atoms with Crippen molar-refractivity contribution in [2.45, 2.75) is 29.4 Å². The van der Waals surface area contributed by atoms with Gasteiger partial charge in [-0.1, -0.05) is 107 Å². The zero-order valence-corrected chi connectivity index (χ0v) is 22.4. The van der Waals surface area contributed by atoms with Crippen LogP contribution in [0.25, 0.3) is 0 Å². The second kappa shape index (κ2) is 16.4. The van der Waals surface area contributed by atoms with Crippen molar-refractivity contribution in [1.82, 2.24) is 0 Å². The van der Waals surface area contributed by atoms with E-state index < -0.39 is 0 Å². The minimum atomic E-state index is -0.233. The number of para-hydroxylation sites is 4. The first-order chi connectivity index (χ1) is 15.0. The van der Waals surface area contributed by atoms with Crippen LogP contribution < -0.4 is 95.9 Å². The molecule has 0 spiro atoms. The van der Waals surface area contributed by atoms with Crippen LogP contribution in [0.2, 0.25) is 0 Å². The Bertz CT molecular complexity index is 1150. The van der Waals surface area contributed by atoms with Crippen molar-refractivity contribution >= 4 is 35.3 Å². The van der Waals surface area contributed by atoms with E-state index in [-0.39, 0.29) is 98.4 Å². The Hall–Kier alpha value is -0.480. The van der Waals surface area contributed by atoms with E-state index in [1.165, 1.54) is 12.1 Å². The third-order valence-corrected chi connectivity index (χ3v) is 7.52. The molecule has 0 N–H and O–H groups in total. The van der Waals surface area contributed by atoms with Crippen LogP contribution in [0, 0.1) is 0 Å². The Labute approximate surface area is 265 Å². The third-order valence-electron chi connectivity index (χ3n) is 4.24. The normalized spacial score (nSPS) is 9.60. The van der Waals surface area contributed by atoms with E-state index >= 15 is 0 Å². The van der Waals surface area contributed by atoms with Crippen LogP contribution in [-0.4, -0.2) is 0 Å². The van der Waals surface area contributed by atoms with Crippen molar-refractivity contribution in [2.24, 2.45) is 0 Å². The molecule has 0 radical (unpaired) electrons. The van der Waals surface area contributed by atoms with Gasteiger partial charge in [-0.15, -0.1) is 0 Å². The summed E-state index contributed by atoms with van der Waals surface area (Å²) >= 11 is 3.33. The van der Waals surface area contributed by atoms with Crippen molar-refractivity contribution in [1.29, 1.82) is 0 Å². The fourth-order valence-corrected chi connectivity index (χ4v) is 5.60. The summed E-state index contributed by atoms with van der Waals surface area (Å²) < 4.78 is 0. The predicted octanol–water partition coefficient (Wildman–Crippen LogP) is -7.55. The molecule has 0 heterocycles. The number of rotatable bonds is 6. The van der Waals surface area contributed by atoms with Gasteiger partial charge in [0.25, 0.3) is 0 Å². The fourth-order valence-electron chi connectivity index (χ4n) is 2.74. The molecule has 4 rings (SSSR count). The average Bonchev–Trinajstić information content (AvgIpc) is 2.76. The summed E-state index contributed by atoms with van der Waals surface area (Å²) in [5, 5.41) is 49.8. The molecule has 4 nitrogen and oxygen atoms in total. The Balaban J connectivity index is 0.00000289. The molecule has 0 fully saturated rings. The van der Waals surface area contributed by atoms with Gasteiger partial charge in [0.1, 0.15) is 0 Å². The smallest absolute Gasteiger partial charge is 0.872 e. The summed E-state index contributed by atoms with van der Waals surface area (Å²) in [4.78, 5) is 2.59. The van der Waals surface area contributed by atoms with E-state index in [1.54, 1.807) is 72.8 Å². The second-order valence-corrected chi connectivity index (χ2v) is 9.62. The van der Waals surface area contributed by atoms with E-state index in [4.69, 9.17) is 0 Å². The molecule has 0 unspecified atom stereocenters. The van der Waals surface area contributed by atoms with E-state index in [1.807, 2.05) is 0 Å². The number of hydrogen-bond donors (Lipinski definition) is 0. The maximum absolute atomic E-state index is 12.9. The molecule has 0 bridgehead atoms. The van der Waals surface area contributed by atoms with Crippen LogP contribution in [-0.2, 0) is 0 Å². The van der Waals surface area contributed by atoms with Crippen molar-refractivity contribution < 1.29 is 95.9 Å². The Morgan fingerprint density at radius 3 is 0.914 bits per heavy atom. The molecule has 0 saturated heterocycles. The van der Waals surface area contributed by atoms with Crippen LogP contribution in [0.1, 0.15) is 0 Å². The molecule has 0 aliphatic carbocycles. The number of hydrogen-bond acceptors (Lipinski definition) is 7. The molecule has 0 amide bonds. The van der Waals surface area contributed by atoms with Crippen LogP contribution in [0.3, 0.4) is 0 Å². The van der Waals surface area contributed by atoms with Gasteiger partial charge in [0.2, 0.25) is 0 Å². The monoisotopic (exact) mass is 490 g/mol. The third kappa shape index (κ3) is 8.80. The van der Waals surface area contributed by atoms with Gasteiger partial charge in [-0.3, -0.25) is 0 Å². The molecule has 0 saturated carbocycles. The summed E-state index contributed by atoms with van der Waals surface area (Å²) in [6, 6.07) is 23.2. The SMILES string of the molecule is [Li+].[Li+].[Li+].[Li+].[O-]c1ccccc1Sc1cccc(Sc2cccc(Sc3ccccc3[O-])c2[O-])c1[O-]. The average molecular weight is 490 g/mol. The Morgan fingerprint density at radius 1 is 0.343 bits per heavy atom. The molecule has 4 aromatic carbocycles. The number of benzene rings is 4. The molecule has 0 aliphatic rings. The van der Waals surface area contributed by atoms with Gasteiger partial charge in [0, 0.05) is 29.4 Å². The molecule has 0 aliphatic heterocycles. The first-order valence-electron chi connectivity index (χ1n) is 9.18. The summed E-state index contributed by atoms with van der Waals surface area (Å²) in [7, 11) is 0. The summed E-state index contributed by atoms with van der Waals surface area (Å²) in [6.45, 7) is 0. The van der Waals surface area contributed by atoms with Gasteiger partial charge >= 0.3 is 75.4 Å². The van der Waals surface area contributed by atoms with Crippen LogP contribution in [0.15, 0.2) is 114 Å². The maximum atomic E-state index is 12.9. The van der Waals surface area contributed by atoms with Gasteiger partial charge in [-0.25, -0.2) is 0 Å². The van der Waals surface area contributed by atoms with E-state index in [9.17, 15) is 20.4 Å². The van der Waals surface area contributed by atoms with Crippen LogP contribution in [0.5, 0.6) is 23.0 Å². The second-order valence-electron chi connectivity index (χ2n) is 6.37. The summed E-state index contributed by atoms with van der Waals surface area (Å²) in [6.07, 6.45) is 0. The summed E-state index contributed by atoms with van der Waals surface area (Å²) in [5.74, 6) is -0.753. The molecular formula is C24H14Li4O4S3. The molecule has 156 valence electrons. The first kappa shape index (κ1) is 34.5. The van der Waals surface area contributed by atoms with E-state index in [0.29, 0.717) is 29.4 Å². The van der Waals surface area contributed by atoms with Gasteiger partial charge in [0.05, 0.1) is 0 Å². The fraction of sp³-hybridized carbons (Fsp3) is 0. The minimum Gasteiger partial charge on any atom is -0.872 e. The summed E-state index contributed by atoms with van der Waals surface area (Å²) in [5.41, 5.74) is 0. The molecule has 35 heavy (non-hydrogen) atoms. The van der Waals surface area contributed by atoms with Gasteiger partial charge in [-0.2, -0.15) is 0 Å². The van der Waals surface area contributed by atoms with Gasteiger partial charge in [0.15, 0.2) is 0 Å². The van der Waals surface area contributed by atoms with Gasteiger partial charge < -0.3 is 20.4 Å². The first-order valence-corrected chi connectivity index (χ1v) is 11.6.